The molecule has 0 spiro atoms. The Kier molecular flexibility index (Phi) is 3.56. The summed E-state index contributed by atoms with van der Waals surface area (Å²) >= 11 is 0. The maximum atomic E-state index is 13.4. The van der Waals surface area contributed by atoms with Crippen LogP contribution in [0.5, 0.6) is 0 Å². The van der Waals surface area contributed by atoms with Gasteiger partial charge in [-0.3, -0.25) is 0 Å². The Balaban J connectivity index is 3.29. The summed E-state index contributed by atoms with van der Waals surface area (Å²) in [5.41, 5.74) is -0.110. The van der Waals surface area contributed by atoms with Gasteiger partial charge < -0.3 is 0 Å². The van der Waals surface area contributed by atoms with Gasteiger partial charge in [-0.25, -0.2) is 13.2 Å². The van der Waals surface area contributed by atoms with Crippen molar-refractivity contribution in [1.82, 2.24) is 0 Å². The molecule has 0 amide bonds. The molecule has 0 aliphatic rings. The van der Waals surface area contributed by atoms with E-state index in [1.807, 2.05) is 13.8 Å². The molecule has 1 unspecified atom stereocenters. The molecule has 1 aromatic carbocycles. The van der Waals surface area contributed by atoms with Gasteiger partial charge in [0.05, 0.1) is 0 Å². The standard InChI is InChI=1S/C12H13F3/c1-4-9(7(2)3)12-10(14)5-8(13)6-11(12)15/h4-7,9H,1H2,2-3H3. The molecule has 0 fully saturated rings. The lowest BCUT2D eigenvalue weighted by molar-refractivity contribution is 0.479. The van der Waals surface area contributed by atoms with Crippen LogP contribution >= 0.6 is 0 Å². The summed E-state index contributed by atoms with van der Waals surface area (Å²) in [6.07, 6.45) is 1.48. The monoisotopic (exact) mass is 214 g/mol. The van der Waals surface area contributed by atoms with Gasteiger partial charge in [-0.05, 0) is 5.92 Å². The van der Waals surface area contributed by atoms with E-state index in [0.29, 0.717) is 12.1 Å². The van der Waals surface area contributed by atoms with Crippen molar-refractivity contribution in [2.75, 3.05) is 0 Å². The fraction of sp³-hybridized carbons (Fsp3) is 0.333. The topological polar surface area (TPSA) is 0 Å². The van der Waals surface area contributed by atoms with E-state index in [0.717, 1.165) is 0 Å². The average molecular weight is 214 g/mol. The van der Waals surface area contributed by atoms with Crippen LogP contribution in [-0.2, 0) is 0 Å². The summed E-state index contributed by atoms with van der Waals surface area (Å²) in [5.74, 6) is -3.04. The second kappa shape index (κ2) is 4.51. The van der Waals surface area contributed by atoms with Crippen molar-refractivity contribution in [2.45, 2.75) is 19.8 Å². The molecule has 0 bridgehead atoms. The normalized spacial score (nSPS) is 12.9. The van der Waals surface area contributed by atoms with Crippen molar-refractivity contribution in [1.29, 1.82) is 0 Å². The fourth-order valence-corrected chi connectivity index (χ4v) is 1.60. The summed E-state index contributed by atoms with van der Waals surface area (Å²) in [4.78, 5) is 0. The summed E-state index contributed by atoms with van der Waals surface area (Å²) in [5, 5.41) is 0. The molecule has 0 saturated heterocycles. The number of benzene rings is 1. The van der Waals surface area contributed by atoms with Gasteiger partial charge in [0, 0.05) is 23.6 Å². The Morgan fingerprint density at radius 2 is 1.60 bits per heavy atom. The molecular formula is C12H13F3. The Morgan fingerprint density at radius 1 is 1.13 bits per heavy atom. The molecule has 0 N–H and O–H groups in total. The largest absolute Gasteiger partial charge is 0.207 e. The quantitative estimate of drug-likeness (QED) is 0.666. The SMILES string of the molecule is C=CC(c1c(F)cc(F)cc1F)C(C)C. The molecule has 3 heteroatoms. The van der Waals surface area contributed by atoms with Crippen molar-refractivity contribution in [3.05, 3.63) is 47.8 Å². The van der Waals surface area contributed by atoms with E-state index in [9.17, 15) is 13.2 Å². The lowest BCUT2D eigenvalue weighted by atomic mass is 9.88. The van der Waals surface area contributed by atoms with Crippen molar-refractivity contribution in [2.24, 2.45) is 5.92 Å². The number of hydrogen-bond acceptors (Lipinski definition) is 0. The Hall–Kier alpha value is -1.25. The number of halogens is 3. The highest BCUT2D eigenvalue weighted by atomic mass is 19.1. The molecule has 0 aliphatic heterocycles. The molecule has 1 rings (SSSR count). The highest BCUT2D eigenvalue weighted by Crippen LogP contribution is 2.30. The second-order valence-electron chi connectivity index (χ2n) is 3.79. The first-order valence-electron chi connectivity index (χ1n) is 4.74. The Bertz CT molecular complexity index is 346. The number of rotatable bonds is 3. The third-order valence-electron chi connectivity index (χ3n) is 2.35. The number of hydrogen-bond donors (Lipinski definition) is 0. The van der Waals surface area contributed by atoms with Gasteiger partial charge >= 0.3 is 0 Å². The zero-order valence-electron chi connectivity index (χ0n) is 8.73. The van der Waals surface area contributed by atoms with Crippen LogP contribution in [0, 0.1) is 23.4 Å². The maximum Gasteiger partial charge on any atom is 0.132 e. The minimum atomic E-state index is -0.902. The highest BCUT2D eigenvalue weighted by Gasteiger charge is 2.21. The van der Waals surface area contributed by atoms with E-state index in [1.165, 1.54) is 6.08 Å². The minimum absolute atomic E-state index is 0.0111. The van der Waals surface area contributed by atoms with Gasteiger partial charge in [-0.1, -0.05) is 19.9 Å². The molecule has 82 valence electrons. The van der Waals surface area contributed by atoms with Crippen molar-refractivity contribution >= 4 is 0 Å². The molecule has 0 aliphatic carbocycles. The van der Waals surface area contributed by atoms with E-state index in [2.05, 4.69) is 6.58 Å². The third-order valence-corrected chi connectivity index (χ3v) is 2.35. The van der Waals surface area contributed by atoms with Crippen LogP contribution in [0.15, 0.2) is 24.8 Å². The molecular weight excluding hydrogens is 201 g/mol. The van der Waals surface area contributed by atoms with Crippen LogP contribution in [0.3, 0.4) is 0 Å². The maximum absolute atomic E-state index is 13.4. The van der Waals surface area contributed by atoms with Crippen LogP contribution in [-0.4, -0.2) is 0 Å². The fourth-order valence-electron chi connectivity index (χ4n) is 1.60. The highest BCUT2D eigenvalue weighted by molar-refractivity contribution is 5.28. The van der Waals surface area contributed by atoms with Gasteiger partial charge in [0.2, 0.25) is 0 Å². The van der Waals surface area contributed by atoms with Crippen LogP contribution in [0.4, 0.5) is 13.2 Å². The van der Waals surface area contributed by atoms with E-state index in [1.54, 1.807) is 0 Å². The van der Waals surface area contributed by atoms with Gasteiger partial charge in [-0.15, -0.1) is 6.58 Å². The summed E-state index contributed by atoms with van der Waals surface area (Å²) < 4.78 is 39.4. The van der Waals surface area contributed by atoms with E-state index in [-0.39, 0.29) is 11.5 Å². The van der Waals surface area contributed by atoms with Crippen molar-refractivity contribution < 1.29 is 13.2 Å². The predicted octanol–water partition coefficient (Wildman–Crippen LogP) is 4.03. The van der Waals surface area contributed by atoms with E-state index < -0.39 is 23.4 Å². The molecule has 0 aromatic heterocycles. The van der Waals surface area contributed by atoms with E-state index in [4.69, 9.17) is 0 Å². The molecule has 0 saturated carbocycles. The summed E-state index contributed by atoms with van der Waals surface area (Å²) in [6, 6.07) is 1.38. The summed E-state index contributed by atoms with van der Waals surface area (Å²) in [6.45, 7) is 7.19. The lowest BCUT2D eigenvalue weighted by Gasteiger charge is -2.18. The molecule has 1 aromatic rings. The molecule has 1 atom stereocenters. The summed E-state index contributed by atoms with van der Waals surface area (Å²) in [7, 11) is 0. The first kappa shape index (κ1) is 11.8. The number of allylic oxidation sites excluding steroid dienone is 1. The Labute approximate surface area is 87.4 Å². The Morgan fingerprint density at radius 3 is 1.93 bits per heavy atom. The third kappa shape index (κ3) is 2.41. The smallest absolute Gasteiger partial charge is 0.132 e. The van der Waals surface area contributed by atoms with Gasteiger partial charge in [-0.2, -0.15) is 0 Å². The van der Waals surface area contributed by atoms with Crippen LogP contribution in [0.1, 0.15) is 25.3 Å². The van der Waals surface area contributed by atoms with Crippen molar-refractivity contribution in [3.8, 4) is 0 Å². The zero-order valence-corrected chi connectivity index (χ0v) is 8.73. The predicted molar refractivity (Wildman–Crippen MR) is 54.1 cm³/mol. The first-order chi connectivity index (χ1) is 6.97. The van der Waals surface area contributed by atoms with Crippen LogP contribution in [0.25, 0.3) is 0 Å². The average Bonchev–Trinajstić information content (AvgIpc) is 2.09. The van der Waals surface area contributed by atoms with Crippen LogP contribution < -0.4 is 0 Å². The van der Waals surface area contributed by atoms with Gasteiger partial charge in [0.1, 0.15) is 17.5 Å². The molecule has 0 radical (unpaired) electrons. The first-order valence-corrected chi connectivity index (χ1v) is 4.74. The van der Waals surface area contributed by atoms with Gasteiger partial charge in [0.15, 0.2) is 0 Å². The van der Waals surface area contributed by atoms with E-state index >= 15 is 0 Å². The second-order valence-corrected chi connectivity index (χ2v) is 3.79. The lowest BCUT2D eigenvalue weighted by Crippen LogP contribution is -2.09. The molecule has 0 heterocycles. The molecule has 15 heavy (non-hydrogen) atoms. The van der Waals surface area contributed by atoms with Gasteiger partial charge in [0.25, 0.3) is 0 Å². The molecule has 0 nitrogen and oxygen atoms in total. The van der Waals surface area contributed by atoms with Crippen LogP contribution in [0.2, 0.25) is 0 Å². The minimum Gasteiger partial charge on any atom is -0.207 e. The zero-order chi connectivity index (χ0) is 11.6. The van der Waals surface area contributed by atoms with Crippen molar-refractivity contribution in [3.63, 3.8) is 0 Å².